The van der Waals surface area contributed by atoms with Gasteiger partial charge >= 0.3 is 0 Å². The van der Waals surface area contributed by atoms with E-state index >= 15 is 0 Å². The highest BCUT2D eigenvalue weighted by Gasteiger charge is 2.50. The van der Waals surface area contributed by atoms with E-state index in [4.69, 9.17) is 14.2 Å². The Kier molecular flexibility index (Phi) is 8.00. The third-order valence-electron chi connectivity index (χ3n) is 4.86. The van der Waals surface area contributed by atoms with Gasteiger partial charge in [-0.15, -0.1) is 0 Å². The van der Waals surface area contributed by atoms with Crippen LogP contribution in [0.2, 0.25) is 0 Å². The van der Waals surface area contributed by atoms with Gasteiger partial charge in [0.25, 0.3) is 5.91 Å². The first-order chi connectivity index (χ1) is 13.1. The van der Waals surface area contributed by atoms with Crippen molar-refractivity contribution >= 4 is 11.8 Å². The van der Waals surface area contributed by atoms with Gasteiger partial charge in [-0.1, -0.05) is 26.0 Å². The molecular weight excluding hydrogens is 364 g/mol. The third-order valence-corrected chi connectivity index (χ3v) is 4.86. The predicted octanol–water partition coefficient (Wildman–Crippen LogP) is 0.880. The molecule has 2 rings (SSSR count). The average Bonchev–Trinajstić information content (AvgIpc) is 2.79. The van der Waals surface area contributed by atoms with Crippen LogP contribution in [0.15, 0.2) is 12.2 Å². The number of rotatable bonds is 7. The fraction of sp³-hybridized carbons (Fsp3) is 0.800. The number of hydrogen-bond donors (Lipinski definition) is 3. The van der Waals surface area contributed by atoms with E-state index < -0.39 is 42.2 Å². The third kappa shape index (κ3) is 6.01. The smallest absolute Gasteiger partial charge is 0.252 e. The molecule has 0 saturated carbocycles. The van der Waals surface area contributed by atoms with Crippen LogP contribution in [0, 0.1) is 5.92 Å². The van der Waals surface area contributed by atoms with E-state index in [-0.39, 0.29) is 11.8 Å². The van der Waals surface area contributed by atoms with Gasteiger partial charge in [-0.05, 0) is 39.0 Å². The van der Waals surface area contributed by atoms with Crippen molar-refractivity contribution in [3.05, 3.63) is 12.2 Å². The number of ether oxygens (including phenoxy) is 3. The molecule has 2 aliphatic rings. The summed E-state index contributed by atoms with van der Waals surface area (Å²) in [5.74, 6) is -1.36. The van der Waals surface area contributed by atoms with Gasteiger partial charge < -0.3 is 30.0 Å². The van der Waals surface area contributed by atoms with E-state index in [2.05, 4.69) is 10.6 Å². The summed E-state index contributed by atoms with van der Waals surface area (Å²) in [5.41, 5.74) is 0. The lowest BCUT2D eigenvalue weighted by Gasteiger charge is -2.27. The summed E-state index contributed by atoms with van der Waals surface area (Å²) >= 11 is 0. The van der Waals surface area contributed by atoms with Crippen molar-refractivity contribution < 1.29 is 28.9 Å². The Morgan fingerprint density at radius 3 is 2.61 bits per heavy atom. The summed E-state index contributed by atoms with van der Waals surface area (Å²) in [5, 5.41) is 16.1. The summed E-state index contributed by atoms with van der Waals surface area (Å²) in [6.45, 7) is 8.06. The van der Waals surface area contributed by atoms with E-state index in [0.29, 0.717) is 13.0 Å². The zero-order chi connectivity index (χ0) is 20.9. The molecule has 8 nitrogen and oxygen atoms in total. The summed E-state index contributed by atoms with van der Waals surface area (Å²) in [6, 6.07) is -0.604. The minimum Gasteiger partial charge on any atom is -0.386 e. The topological polar surface area (TPSA) is 106 Å². The highest BCUT2D eigenvalue weighted by atomic mass is 16.8. The highest BCUT2D eigenvalue weighted by molar-refractivity contribution is 5.89. The lowest BCUT2D eigenvalue weighted by Crippen LogP contribution is -2.54. The van der Waals surface area contributed by atoms with Crippen LogP contribution in [0.3, 0.4) is 0 Å². The second kappa shape index (κ2) is 9.82. The van der Waals surface area contributed by atoms with Crippen LogP contribution in [0.1, 0.15) is 47.0 Å². The molecule has 4 unspecified atom stereocenters. The molecule has 2 fully saturated rings. The Morgan fingerprint density at radius 1 is 1.29 bits per heavy atom. The standard InChI is InChI=1S/C20H34N2O6/c1-12(2)9-10-14(23)15-16(28-20(3,4)27-15)17(26-5)19(25)22-13-8-6-7-11-21-18(13)24/h9-10,12-17,23H,6-8,11H2,1-5H3,(H,21,24)(H,22,25)/b10-9+/t13?,14-,15?,16?,17?/m1/s1. The van der Waals surface area contributed by atoms with Crippen LogP contribution < -0.4 is 10.6 Å². The quantitative estimate of drug-likeness (QED) is 0.550. The van der Waals surface area contributed by atoms with E-state index in [0.717, 1.165) is 12.8 Å². The highest BCUT2D eigenvalue weighted by Crippen LogP contribution is 2.33. The molecular formula is C20H34N2O6. The number of allylic oxidation sites excluding steroid dienone is 1. The zero-order valence-corrected chi connectivity index (χ0v) is 17.4. The molecule has 2 heterocycles. The van der Waals surface area contributed by atoms with Gasteiger partial charge in [0.15, 0.2) is 11.9 Å². The van der Waals surface area contributed by atoms with Crippen molar-refractivity contribution in [2.45, 2.75) is 83.2 Å². The molecule has 0 aromatic heterocycles. The number of carbonyl (C=O) groups is 2. The molecule has 0 radical (unpaired) electrons. The molecule has 8 heteroatoms. The van der Waals surface area contributed by atoms with Crippen molar-refractivity contribution in [2.75, 3.05) is 13.7 Å². The number of hydrogen-bond acceptors (Lipinski definition) is 6. The van der Waals surface area contributed by atoms with Crippen LogP contribution in [0.4, 0.5) is 0 Å². The van der Waals surface area contributed by atoms with Crippen molar-refractivity contribution in [3.63, 3.8) is 0 Å². The number of nitrogens with one attached hydrogen (secondary N) is 2. The van der Waals surface area contributed by atoms with Gasteiger partial charge in [0, 0.05) is 13.7 Å². The molecule has 0 spiro atoms. The van der Waals surface area contributed by atoms with E-state index in [9.17, 15) is 14.7 Å². The number of amides is 2. The fourth-order valence-corrected chi connectivity index (χ4v) is 3.48. The Balaban J connectivity index is 2.14. The van der Waals surface area contributed by atoms with Gasteiger partial charge in [0.05, 0.1) is 0 Å². The molecule has 3 N–H and O–H groups in total. The molecule has 160 valence electrons. The lowest BCUT2D eigenvalue weighted by atomic mass is 10.0. The monoisotopic (exact) mass is 398 g/mol. The van der Waals surface area contributed by atoms with Crippen LogP contribution in [0.5, 0.6) is 0 Å². The number of aliphatic hydroxyl groups excluding tert-OH is 1. The summed E-state index contributed by atoms with van der Waals surface area (Å²) < 4.78 is 17.2. The van der Waals surface area contributed by atoms with Crippen molar-refractivity contribution in [3.8, 4) is 0 Å². The molecule has 0 bridgehead atoms. The van der Waals surface area contributed by atoms with E-state index in [1.807, 2.05) is 19.9 Å². The van der Waals surface area contributed by atoms with E-state index in [1.54, 1.807) is 19.9 Å². The minimum atomic E-state index is -1.02. The Labute approximate surface area is 167 Å². The van der Waals surface area contributed by atoms with Crippen molar-refractivity contribution in [1.29, 1.82) is 0 Å². The maximum Gasteiger partial charge on any atom is 0.252 e. The van der Waals surface area contributed by atoms with E-state index in [1.165, 1.54) is 7.11 Å². The predicted molar refractivity (Wildman–Crippen MR) is 103 cm³/mol. The Hall–Kier alpha value is -1.48. The van der Waals surface area contributed by atoms with Crippen molar-refractivity contribution in [2.24, 2.45) is 5.92 Å². The molecule has 5 atom stereocenters. The second-order valence-electron chi connectivity index (χ2n) is 8.19. The molecule has 2 aliphatic heterocycles. The lowest BCUT2D eigenvalue weighted by molar-refractivity contribution is -0.165. The van der Waals surface area contributed by atoms with Crippen LogP contribution >= 0.6 is 0 Å². The van der Waals surface area contributed by atoms with Crippen LogP contribution in [0.25, 0.3) is 0 Å². The normalized spacial score (nSPS) is 30.1. The molecule has 2 amide bonds. The first kappa shape index (κ1) is 22.8. The first-order valence-corrected chi connectivity index (χ1v) is 9.97. The second-order valence-corrected chi connectivity index (χ2v) is 8.19. The number of methoxy groups -OCH3 is 1. The largest absolute Gasteiger partial charge is 0.386 e. The van der Waals surface area contributed by atoms with Gasteiger partial charge in [-0.3, -0.25) is 9.59 Å². The number of carbonyl (C=O) groups excluding carboxylic acids is 2. The molecule has 2 saturated heterocycles. The summed E-state index contributed by atoms with van der Waals surface area (Å²) in [6.07, 6.45) is 2.25. The summed E-state index contributed by atoms with van der Waals surface area (Å²) in [4.78, 5) is 25.0. The van der Waals surface area contributed by atoms with Gasteiger partial charge in [0.2, 0.25) is 5.91 Å². The van der Waals surface area contributed by atoms with Crippen LogP contribution in [-0.4, -0.2) is 66.8 Å². The fourth-order valence-electron chi connectivity index (χ4n) is 3.48. The molecule has 28 heavy (non-hydrogen) atoms. The SMILES string of the molecule is COC(C(=O)NC1CCCCNC1=O)C1OC(C)(C)OC1[C@H](O)/C=C/C(C)C. The van der Waals surface area contributed by atoms with Gasteiger partial charge in [-0.2, -0.15) is 0 Å². The van der Waals surface area contributed by atoms with Crippen molar-refractivity contribution in [1.82, 2.24) is 10.6 Å². The maximum atomic E-state index is 12.9. The molecule has 0 aliphatic carbocycles. The molecule has 0 aromatic carbocycles. The maximum absolute atomic E-state index is 12.9. The summed E-state index contributed by atoms with van der Waals surface area (Å²) in [7, 11) is 1.40. The average molecular weight is 399 g/mol. The number of aliphatic hydroxyl groups is 1. The molecule has 0 aromatic rings. The van der Waals surface area contributed by atoms with Gasteiger partial charge in [-0.25, -0.2) is 0 Å². The Bertz CT molecular complexity index is 577. The first-order valence-electron chi connectivity index (χ1n) is 9.97. The Morgan fingerprint density at radius 2 is 1.96 bits per heavy atom. The van der Waals surface area contributed by atoms with Crippen LogP contribution in [-0.2, 0) is 23.8 Å². The minimum absolute atomic E-state index is 0.193. The zero-order valence-electron chi connectivity index (χ0n) is 17.4. The van der Waals surface area contributed by atoms with Gasteiger partial charge in [0.1, 0.15) is 24.4 Å².